The Morgan fingerprint density at radius 2 is 2.08 bits per heavy atom. The van der Waals surface area contributed by atoms with Crippen LogP contribution in [0.3, 0.4) is 0 Å². The maximum absolute atomic E-state index is 13.4. The quantitative estimate of drug-likeness (QED) is 0.620. The van der Waals surface area contributed by atoms with Crippen LogP contribution in [0.2, 0.25) is 0 Å². The summed E-state index contributed by atoms with van der Waals surface area (Å²) in [6.45, 7) is 4.33. The number of urea groups is 1. The van der Waals surface area contributed by atoms with E-state index in [0.29, 0.717) is 18.7 Å². The van der Waals surface area contributed by atoms with Crippen molar-refractivity contribution >= 4 is 17.6 Å². The van der Waals surface area contributed by atoms with Crippen LogP contribution >= 0.6 is 0 Å². The summed E-state index contributed by atoms with van der Waals surface area (Å²) in [5, 5.41) is 20.0. The van der Waals surface area contributed by atoms with Crippen molar-refractivity contribution in [1.29, 1.82) is 0 Å². The van der Waals surface area contributed by atoms with Gasteiger partial charge in [-0.1, -0.05) is 24.3 Å². The highest BCUT2D eigenvalue weighted by atomic mass is 19.4. The van der Waals surface area contributed by atoms with Crippen molar-refractivity contribution in [3.63, 3.8) is 0 Å². The van der Waals surface area contributed by atoms with E-state index < -0.39 is 29.9 Å². The first-order valence-corrected chi connectivity index (χ1v) is 12.1. The molecule has 0 saturated carbocycles. The number of carbonyl (C=O) groups is 2. The summed E-state index contributed by atoms with van der Waals surface area (Å²) >= 11 is 0. The number of aryl methyl sites for hydroxylation is 1. The lowest BCUT2D eigenvalue weighted by molar-refractivity contribution is -0.137. The standard InChI is InChI=1S/C24H33F3N6O4/c1-16-12-32(17(2)14-34)22(35)9-6-10-33-18(11-28-30-33)15-37-21(16)13-31(3)23(36)29-20-8-5-4-7-19(20)24(25,26)27/h4-5,7-8,11,16-17,21,34H,6,9-10,12-15H2,1-3H3,(H,29,36)/t16-,17+,21-/m0/s1. The van der Waals surface area contributed by atoms with Gasteiger partial charge in [-0.3, -0.25) is 4.79 Å². The molecule has 0 saturated heterocycles. The Hall–Kier alpha value is -3.19. The molecule has 204 valence electrons. The summed E-state index contributed by atoms with van der Waals surface area (Å²) in [6.07, 6.45) is -2.82. The molecular weight excluding hydrogens is 493 g/mol. The molecule has 1 aliphatic rings. The van der Waals surface area contributed by atoms with Crippen LogP contribution in [0.5, 0.6) is 0 Å². The van der Waals surface area contributed by atoms with E-state index in [-0.39, 0.29) is 50.2 Å². The SMILES string of the molecule is C[C@H](CO)N1C[C@H](C)[C@H](CN(C)C(=O)Nc2ccccc2C(F)(F)F)OCc2cnnn2CCCC1=O. The predicted molar refractivity (Wildman–Crippen MR) is 128 cm³/mol. The molecule has 0 fully saturated rings. The molecule has 3 atom stereocenters. The number of hydrogen-bond donors (Lipinski definition) is 2. The lowest BCUT2D eigenvalue weighted by Crippen LogP contribution is -2.48. The summed E-state index contributed by atoms with van der Waals surface area (Å²) in [6, 6.07) is 3.61. The number of hydrogen-bond acceptors (Lipinski definition) is 6. The maximum atomic E-state index is 13.4. The number of para-hydroxylation sites is 1. The Bertz CT molecular complexity index is 1060. The number of aliphatic hydroxyl groups excluding tert-OH is 1. The molecule has 1 aromatic carbocycles. The molecular formula is C24H33F3N6O4. The van der Waals surface area contributed by atoms with Crippen LogP contribution in [0.15, 0.2) is 30.5 Å². The minimum absolute atomic E-state index is 0.0400. The highest BCUT2D eigenvalue weighted by molar-refractivity contribution is 5.90. The topological polar surface area (TPSA) is 113 Å². The molecule has 10 nitrogen and oxygen atoms in total. The molecule has 3 amide bonds. The Morgan fingerprint density at radius 3 is 2.78 bits per heavy atom. The summed E-state index contributed by atoms with van der Waals surface area (Å²) in [7, 11) is 1.46. The number of halogens is 3. The van der Waals surface area contributed by atoms with Crippen LogP contribution in [-0.4, -0.2) is 80.7 Å². The van der Waals surface area contributed by atoms with Gasteiger partial charge < -0.3 is 25.0 Å². The molecule has 2 aromatic rings. The fraction of sp³-hybridized carbons (Fsp3) is 0.583. The van der Waals surface area contributed by atoms with Gasteiger partial charge in [-0.25, -0.2) is 9.48 Å². The molecule has 3 rings (SSSR count). The Labute approximate surface area is 213 Å². The normalized spacial score (nSPS) is 20.4. The maximum Gasteiger partial charge on any atom is 0.418 e. The van der Waals surface area contributed by atoms with Gasteiger partial charge in [0.2, 0.25) is 5.91 Å². The number of nitrogens with one attached hydrogen (secondary N) is 1. The number of ether oxygens (including phenoxy) is 1. The van der Waals surface area contributed by atoms with Gasteiger partial charge in [-0.05, 0) is 25.5 Å². The van der Waals surface area contributed by atoms with Crippen LogP contribution < -0.4 is 5.32 Å². The summed E-state index contributed by atoms with van der Waals surface area (Å²) in [5.74, 6) is -0.399. The number of anilines is 1. The number of carbonyl (C=O) groups excluding carboxylic acids is 2. The molecule has 0 radical (unpaired) electrons. The lowest BCUT2D eigenvalue weighted by atomic mass is 10.0. The van der Waals surface area contributed by atoms with Crippen LogP contribution in [0.25, 0.3) is 0 Å². The van der Waals surface area contributed by atoms with Crippen LogP contribution in [0.4, 0.5) is 23.7 Å². The summed E-state index contributed by atoms with van der Waals surface area (Å²) < 4.78 is 47.9. The molecule has 0 bridgehead atoms. The Kier molecular flexibility index (Phi) is 9.49. The van der Waals surface area contributed by atoms with Crippen molar-refractivity contribution < 1.29 is 32.6 Å². The number of aromatic nitrogens is 3. The molecule has 1 aromatic heterocycles. The van der Waals surface area contributed by atoms with Crippen molar-refractivity contribution in [3.8, 4) is 0 Å². The number of amides is 3. The van der Waals surface area contributed by atoms with Gasteiger partial charge >= 0.3 is 12.2 Å². The van der Waals surface area contributed by atoms with Crippen LogP contribution in [-0.2, 0) is 28.9 Å². The number of nitrogens with zero attached hydrogens (tertiary/aromatic N) is 5. The second-order valence-electron chi connectivity index (χ2n) is 9.31. The van der Waals surface area contributed by atoms with Gasteiger partial charge in [0.05, 0.1) is 48.5 Å². The van der Waals surface area contributed by atoms with E-state index in [4.69, 9.17) is 4.74 Å². The second kappa shape index (κ2) is 12.4. The average Bonchev–Trinajstić information content (AvgIpc) is 3.30. The van der Waals surface area contributed by atoms with E-state index in [1.54, 1.807) is 22.7 Å². The van der Waals surface area contributed by atoms with Crippen molar-refractivity contribution in [2.75, 3.05) is 32.1 Å². The van der Waals surface area contributed by atoms with Crippen molar-refractivity contribution in [3.05, 3.63) is 41.7 Å². The summed E-state index contributed by atoms with van der Waals surface area (Å²) in [5.41, 5.74) is -0.583. The molecule has 13 heteroatoms. The van der Waals surface area contributed by atoms with Gasteiger partial charge in [0, 0.05) is 39.0 Å². The first-order valence-electron chi connectivity index (χ1n) is 12.1. The zero-order valence-electron chi connectivity index (χ0n) is 21.1. The third kappa shape index (κ3) is 7.41. The highest BCUT2D eigenvalue weighted by Gasteiger charge is 2.34. The Balaban J connectivity index is 1.79. The first kappa shape index (κ1) is 28.4. The van der Waals surface area contributed by atoms with Gasteiger partial charge in [0.25, 0.3) is 0 Å². The largest absolute Gasteiger partial charge is 0.418 e. The fourth-order valence-corrected chi connectivity index (χ4v) is 4.15. The fourth-order valence-electron chi connectivity index (χ4n) is 4.15. The van der Waals surface area contributed by atoms with Gasteiger partial charge in [0.15, 0.2) is 0 Å². The third-order valence-corrected chi connectivity index (χ3v) is 6.41. The van der Waals surface area contributed by atoms with Crippen molar-refractivity contribution in [2.45, 2.75) is 58.2 Å². The molecule has 2 heterocycles. The van der Waals surface area contributed by atoms with E-state index in [9.17, 15) is 27.9 Å². The zero-order valence-corrected chi connectivity index (χ0v) is 21.1. The number of rotatable bonds is 5. The van der Waals surface area contributed by atoms with Gasteiger partial charge in [-0.2, -0.15) is 13.2 Å². The minimum Gasteiger partial charge on any atom is -0.394 e. The average molecular weight is 527 g/mol. The van der Waals surface area contributed by atoms with Crippen molar-refractivity contribution in [2.24, 2.45) is 5.92 Å². The molecule has 1 aliphatic heterocycles. The first-order chi connectivity index (χ1) is 17.5. The number of aliphatic hydroxyl groups is 1. The smallest absolute Gasteiger partial charge is 0.394 e. The number of fused-ring (bicyclic) bond motifs is 1. The van der Waals surface area contributed by atoms with Crippen molar-refractivity contribution in [1.82, 2.24) is 24.8 Å². The molecule has 37 heavy (non-hydrogen) atoms. The second-order valence-corrected chi connectivity index (χ2v) is 9.31. The minimum atomic E-state index is -4.62. The summed E-state index contributed by atoms with van der Waals surface area (Å²) in [4.78, 5) is 28.6. The Morgan fingerprint density at radius 1 is 1.35 bits per heavy atom. The molecule has 0 aliphatic carbocycles. The van der Waals surface area contributed by atoms with E-state index in [1.165, 1.54) is 30.1 Å². The van der Waals surface area contributed by atoms with E-state index in [1.807, 2.05) is 6.92 Å². The monoisotopic (exact) mass is 526 g/mol. The predicted octanol–water partition coefficient (Wildman–Crippen LogP) is 2.99. The third-order valence-electron chi connectivity index (χ3n) is 6.41. The van der Waals surface area contributed by atoms with Crippen LogP contribution in [0.1, 0.15) is 37.9 Å². The van der Waals surface area contributed by atoms with Gasteiger partial charge in [-0.15, -0.1) is 5.10 Å². The zero-order chi connectivity index (χ0) is 27.2. The van der Waals surface area contributed by atoms with E-state index in [0.717, 1.165) is 6.07 Å². The highest BCUT2D eigenvalue weighted by Crippen LogP contribution is 2.34. The molecule has 0 spiro atoms. The molecule has 0 unspecified atom stereocenters. The van der Waals surface area contributed by atoms with Crippen LogP contribution in [0, 0.1) is 5.92 Å². The van der Waals surface area contributed by atoms with E-state index in [2.05, 4.69) is 15.6 Å². The lowest BCUT2D eigenvalue weighted by Gasteiger charge is -2.35. The number of likely N-dealkylation sites (N-methyl/N-ethyl adjacent to an activating group) is 1. The van der Waals surface area contributed by atoms with Gasteiger partial charge in [0.1, 0.15) is 0 Å². The number of alkyl halides is 3. The van der Waals surface area contributed by atoms with E-state index >= 15 is 0 Å². The molecule has 2 N–H and O–H groups in total. The number of benzene rings is 1.